The predicted octanol–water partition coefficient (Wildman–Crippen LogP) is 2.57. The molecule has 5 heteroatoms. The SMILES string of the molecule is N#CC(=O)c1ccc(Cl)c(C#N)c1Cl. The molecule has 0 spiro atoms. The summed E-state index contributed by atoms with van der Waals surface area (Å²) < 4.78 is 0. The number of nitriles is 2. The van der Waals surface area contributed by atoms with Crippen LogP contribution in [0.25, 0.3) is 0 Å². The van der Waals surface area contributed by atoms with Crippen molar-refractivity contribution >= 4 is 29.0 Å². The molecule has 1 aromatic rings. The number of Topliss-reactive ketones (excluding diaryl/α,β-unsaturated/α-hetero) is 1. The first-order chi connectivity index (χ1) is 6.61. The van der Waals surface area contributed by atoms with Gasteiger partial charge < -0.3 is 0 Å². The van der Waals surface area contributed by atoms with Gasteiger partial charge in [0.15, 0.2) is 0 Å². The van der Waals surface area contributed by atoms with Crippen LogP contribution >= 0.6 is 23.2 Å². The Labute approximate surface area is 90.1 Å². The van der Waals surface area contributed by atoms with Crippen molar-refractivity contribution in [3.8, 4) is 12.1 Å². The van der Waals surface area contributed by atoms with Gasteiger partial charge in [-0.3, -0.25) is 4.79 Å². The maximum Gasteiger partial charge on any atom is 0.263 e. The van der Waals surface area contributed by atoms with E-state index in [0.717, 1.165) is 0 Å². The van der Waals surface area contributed by atoms with E-state index in [9.17, 15) is 4.79 Å². The van der Waals surface area contributed by atoms with Crippen LogP contribution in [0.3, 0.4) is 0 Å². The summed E-state index contributed by atoms with van der Waals surface area (Å²) in [6.07, 6.45) is 0. The van der Waals surface area contributed by atoms with Gasteiger partial charge in [-0.25, -0.2) is 0 Å². The van der Waals surface area contributed by atoms with Crippen molar-refractivity contribution in [2.24, 2.45) is 0 Å². The van der Waals surface area contributed by atoms with Crippen LogP contribution in [-0.2, 0) is 0 Å². The summed E-state index contributed by atoms with van der Waals surface area (Å²) in [5.74, 6) is -0.789. The zero-order valence-electron chi connectivity index (χ0n) is 6.71. The fourth-order valence-electron chi connectivity index (χ4n) is 0.891. The second kappa shape index (κ2) is 4.11. The van der Waals surface area contributed by atoms with E-state index in [1.807, 2.05) is 0 Å². The van der Waals surface area contributed by atoms with Gasteiger partial charge in [-0.05, 0) is 12.1 Å². The normalized spacial score (nSPS) is 8.86. The molecule has 0 aliphatic heterocycles. The third kappa shape index (κ3) is 1.70. The fourth-order valence-corrected chi connectivity index (χ4v) is 1.43. The number of rotatable bonds is 1. The highest BCUT2D eigenvalue weighted by Gasteiger charge is 2.15. The molecule has 0 atom stereocenters. The van der Waals surface area contributed by atoms with Crippen LogP contribution in [0.5, 0.6) is 0 Å². The number of hydrogen-bond donors (Lipinski definition) is 0. The summed E-state index contributed by atoms with van der Waals surface area (Å²) in [6.45, 7) is 0. The molecule has 0 aliphatic rings. The van der Waals surface area contributed by atoms with Crippen LogP contribution in [0.1, 0.15) is 15.9 Å². The van der Waals surface area contributed by atoms with Gasteiger partial charge in [-0.1, -0.05) is 23.2 Å². The molecule has 0 radical (unpaired) electrons. The number of benzene rings is 1. The topological polar surface area (TPSA) is 64.7 Å². The van der Waals surface area contributed by atoms with Crippen molar-refractivity contribution < 1.29 is 4.79 Å². The highest BCUT2D eigenvalue weighted by molar-refractivity contribution is 6.39. The molecule has 0 saturated heterocycles. The van der Waals surface area contributed by atoms with Gasteiger partial charge in [0.1, 0.15) is 12.1 Å². The van der Waals surface area contributed by atoms with Gasteiger partial charge in [0.25, 0.3) is 5.78 Å². The molecule has 0 N–H and O–H groups in total. The first-order valence-corrected chi connectivity index (χ1v) is 4.20. The summed E-state index contributed by atoms with van der Waals surface area (Å²) >= 11 is 11.4. The van der Waals surface area contributed by atoms with Crippen molar-refractivity contribution in [1.82, 2.24) is 0 Å². The molecule has 0 bridgehead atoms. The molecule has 0 unspecified atom stereocenters. The van der Waals surface area contributed by atoms with Crippen molar-refractivity contribution in [3.63, 3.8) is 0 Å². The molecule has 0 amide bonds. The maximum absolute atomic E-state index is 11.0. The van der Waals surface area contributed by atoms with Crippen LogP contribution in [0, 0.1) is 22.7 Å². The minimum Gasteiger partial charge on any atom is -0.277 e. The summed E-state index contributed by atoms with van der Waals surface area (Å²) in [7, 11) is 0. The second-order valence-corrected chi connectivity index (χ2v) is 3.12. The molecule has 0 saturated carbocycles. The zero-order chi connectivity index (χ0) is 10.7. The van der Waals surface area contributed by atoms with Crippen LogP contribution < -0.4 is 0 Å². The molecule has 68 valence electrons. The van der Waals surface area contributed by atoms with Crippen molar-refractivity contribution in [3.05, 3.63) is 33.3 Å². The van der Waals surface area contributed by atoms with E-state index in [1.54, 1.807) is 6.07 Å². The predicted molar refractivity (Wildman–Crippen MR) is 51.1 cm³/mol. The fraction of sp³-hybridized carbons (Fsp3) is 0. The Kier molecular flexibility index (Phi) is 3.09. The molecule has 1 aromatic carbocycles. The van der Waals surface area contributed by atoms with Gasteiger partial charge in [-0.15, -0.1) is 0 Å². The molecule has 1 rings (SSSR count). The number of nitrogens with zero attached hydrogens (tertiary/aromatic N) is 2. The lowest BCUT2D eigenvalue weighted by Crippen LogP contribution is -1.97. The molecule has 3 nitrogen and oxygen atoms in total. The number of hydrogen-bond acceptors (Lipinski definition) is 3. The highest BCUT2D eigenvalue weighted by Crippen LogP contribution is 2.27. The van der Waals surface area contributed by atoms with Gasteiger partial charge in [0.05, 0.1) is 21.2 Å². The first kappa shape index (κ1) is 10.5. The number of carbonyl (C=O) groups excluding carboxylic acids is 1. The van der Waals surface area contributed by atoms with Crippen molar-refractivity contribution in [1.29, 1.82) is 10.5 Å². The van der Waals surface area contributed by atoms with Crippen LogP contribution in [0.15, 0.2) is 12.1 Å². The Hall–Kier alpha value is -1.55. The minimum absolute atomic E-state index is 0.00452. The van der Waals surface area contributed by atoms with Gasteiger partial charge >= 0.3 is 0 Å². The zero-order valence-corrected chi connectivity index (χ0v) is 8.23. The van der Waals surface area contributed by atoms with Gasteiger partial charge in [0.2, 0.25) is 0 Å². The Morgan fingerprint density at radius 2 is 1.93 bits per heavy atom. The lowest BCUT2D eigenvalue weighted by atomic mass is 10.1. The Bertz CT molecular complexity index is 483. The maximum atomic E-state index is 11.0. The monoisotopic (exact) mass is 224 g/mol. The van der Waals surface area contributed by atoms with Crippen molar-refractivity contribution in [2.45, 2.75) is 0 Å². The minimum atomic E-state index is -0.789. The van der Waals surface area contributed by atoms with E-state index in [2.05, 4.69) is 0 Å². The number of halogens is 2. The third-order valence-corrected chi connectivity index (χ3v) is 2.26. The average molecular weight is 225 g/mol. The second-order valence-electron chi connectivity index (χ2n) is 2.34. The van der Waals surface area contributed by atoms with E-state index < -0.39 is 5.78 Å². The van der Waals surface area contributed by atoms with E-state index in [4.69, 9.17) is 33.7 Å². The van der Waals surface area contributed by atoms with Crippen LogP contribution in [0.2, 0.25) is 10.0 Å². The smallest absolute Gasteiger partial charge is 0.263 e. The summed E-state index contributed by atoms with van der Waals surface area (Å²) in [4.78, 5) is 11.0. The van der Waals surface area contributed by atoms with E-state index in [0.29, 0.717) is 0 Å². The lowest BCUT2D eigenvalue weighted by molar-refractivity contribution is 0.105. The Morgan fingerprint density at radius 1 is 1.29 bits per heavy atom. The molecule has 0 heterocycles. The van der Waals surface area contributed by atoms with E-state index in [1.165, 1.54) is 18.2 Å². The molecule has 0 aliphatic carbocycles. The summed E-state index contributed by atoms with van der Waals surface area (Å²) in [5, 5.41) is 17.1. The average Bonchev–Trinajstić information content (AvgIpc) is 2.18. The van der Waals surface area contributed by atoms with E-state index in [-0.39, 0.29) is 21.2 Å². The number of ketones is 1. The Morgan fingerprint density at radius 3 is 2.43 bits per heavy atom. The molecular formula is C9H2Cl2N2O. The van der Waals surface area contributed by atoms with Crippen LogP contribution in [0.4, 0.5) is 0 Å². The molecule has 0 aromatic heterocycles. The summed E-state index contributed by atoms with van der Waals surface area (Å²) in [5.41, 5.74) is 0.00421. The lowest BCUT2D eigenvalue weighted by Gasteiger charge is -2.01. The molecule has 0 fully saturated rings. The van der Waals surface area contributed by atoms with Crippen LogP contribution in [-0.4, -0.2) is 5.78 Å². The quantitative estimate of drug-likeness (QED) is 0.544. The van der Waals surface area contributed by atoms with E-state index >= 15 is 0 Å². The highest BCUT2D eigenvalue weighted by atomic mass is 35.5. The Balaban J connectivity index is 3.47. The van der Waals surface area contributed by atoms with Crippen molar-refractivity contribution in [2.75, 3.05) is 0 Å². The third-order valence-electron chi connectivity index (χ3n) is 1.55. The standard InChI is InChI=1S/C9H2Cl2N2O/c10-7-2-1-5(8(14)4-13)9(11)6(7)3-12/h1-2H. The largest absolute Gasteiger partial charge is 0.277 e. The number of carbonyl (C=O) groups is 1. The molecular weight excluding hydrogens is 223 g/mol. The van der Waals surface area contributed by atoms with Gasteiger partial charge in [0, 0.05) is 0 Å². The summed E-state index contributed by atoms with van der Waals surface area (Å²) in [6, 6.07) is 5.85. The molecule has 14 heavy (non-hydrogen) atoms. The van der Waals surface area contributed by atoms with Gasteiger partial charge in [-0.2, -0.15) is 10.5 Å². The first-order valence-electron chi connectivity index (χ1n) is 3.44.